The van der Waals surface area contributed by atoms with Gasteiger partial charge in [-0.1, -0.05) is 18.7 Å². The molecule has 0 bridgehead atoms. The molecule has 0 aliphatic heterocycles. The van der Waals surface area contributed by atoms with E-state index in [9.17, 15) is 9.59 Å². The molecule has 0 aromatic rings. The topological polar surface area (TPSA) is 83.8 Å². The smallest absolute Gasteiger partial charge is 0.330 e. The lowest BCUT2D eigenvalue weighted by Gasteiger charge is -2.14. The highest BCUT2D eigenvalue weighted by molar-refractivity contribution is 6.73. The predicted molar refractivity (Wildman–Crippen MR) is 93.0 cm³/mol. The molecule has 0 amide bonds. The molecular formula is C14H30O5Si2. The van der Waals surface area contributed by atoms with Gasteiger partial charge in [-0.25, -0.2) is 9.59 Å². The largest absolute Gasteiger partial charge is 0.478 e. The summed E-state index contributed by atoms with van der Waals surface area (Å²) >= 11 is 0. The highest BCUT2D eigenvalue weighted by Gasteiger charge is 2.10. The van der Waals surface area contributed by atoms with Crippen molar-refractivity contribution in [2.45, 2.75) is 53.9 Å². The highest BCUT2D eigenvalue weighted by atomic mass is 28.4. The minimum absolute atomic E-state index is 0.128. The lowest BCUT2D eigenvalue weighted by molar-refractivity contribution is -0.133. The molecule has 2 N–H and O–H groups in total. The van der Waals surface area contributed by atoms with Crippen molar-refractivity contribution >= 4 is 30.0 Å². The Bertz CT molecular complexity index is 340. The molecule has 0 saturated heterocycles. The molecule has 0 radical (unpaired) electrons. The summed E-state index contributed by atoms with van der Waals surface area (Å²) in [5.74, 6) is -1.69. The van der Waals surface area contributed by atoms with Gasteiger partial charge in [0.25, 0.3) is 0 Å². The third-order valence-electron chi connectivity index (χ3n) is 2.12. The zero-order valence-corrected chi connectivity index (χ0v) is 16.9. The van der Waals surface area contributed by atoms with E-state index in [-0.39, 0.29) is 9.76 Å². The number of hydrogen-bond donors (Lipinski definition) is 2. The minimum atomic E-state index is -1.10. The van der Waals surface area contributed by atoms with Crippen molar-refractivity contribution in [3.63, 3.8) is 0 Å². The normalized spacial score (nSPS) is 12.2. The molecule has 21 heavy (non-hydrogen) atoms. The third-order valence-corrected chi connectivity index (χ3v) is 6.74. The van der Waals surface area contributed by atoms with Crippen LogP contribution in [-0.4, -0.2) is 40.2 Å². The van der Waals surface area contributed by atoms with Crippen LogP contribution in [-0.2, 0) is 13.7 Å². The van der Waals surface area contributed by atoms with Gasteiger partial charge in [0.15, 0.2) is 8.32 Å². The van der Waals surface area contributed by atoms with Crippen LogP contribution in [0, 0.1) is 0 Å². The van der Waals surface area contributed by atoms with Crippen LogP contribution in [0.15, 0.2) is 23.3 Å². The molecule has 0 aliphatic carbocycles. The first-order valence-corrected chi connectivity index (χ1v) is 12.2. The second-order valence-corrected chi connectivity index (χ2v) is 11.1. The van der Waals surface area contributed by atoms with Gasteiger partial charge in [-0.3, -0.25) is 0 Å². The monoisotopic (exact) mass is 334 g/mol. The van der Waals surface area contributed by atoms with Crippen LogP contribution in [0.4, 0.5) is 0 Å². The molecule has 7 heteroatoms. The first-order chi connectivity index (χ1) is 9.42. The van der Waals surface area contributed by atoms with E-state index >= 15 is 0 Å². The SMILES string of the molecule is C/C=C(\C)C(=O)O.C/C=C(\C)C(=O)O.C[SiH2]O[Si](C)(C)C. The Labute approximate surface area is 131 Å². The molecule has 5 nitrogen and oxygen atoms in total. The fraction of sp³-hybridized carbons (Fsp3) is 0.571. The molecule has 0 aliphatic rings. The Morgan fingerprint density at radius 2 is 1.24 bits per heavy atom. The number of aliphatic carboxylic acids is 2. The van der Waals surface area contributed by atoms with E-state index in [0.29, 0.717) is 11.1 Å². The lowest BCUT2D eigenvalue weighted by atomic mass is 10.3. The maximum atomic E-state index is 9.86. The van der Waals surface area contributed by atoms with Crippen LogP contribution in [0.5, 0.6) is 0 Å². The summed E-state index contributed by atoms with van der Waals surface area (Å²) in [6.07, 6.45) is 3.12. The minimum Gasteiger partial charge on any atom is -0.478 e. The predicted octanol–water partition coefficient (Wildman–Crippen LogP) is 3.04. The quantitative estimate of drug-likeness (QED) is 0.610. The molecule has 0 spiro atoms. The van der Waals surface area contributed by atoms with Gasteiger partial charge in [0.2, 0.25) is 0 Å². The summed E-state index contributed by atoms with van der Waals surface area (Å²) in [5.41, 5.74) is 0.778. The second-order valence-electron chi connectivity index (χ2n) is 5.10. The van der Waals surface area contributed by atoms with Crippen molar-refractivity contribution in [1.82, 2.24) is 0 Å². The average Bonchev–Trinajstić information content (AvgIpc) is 2.36. The number of hydrogen-bond acceptors (Lipinski definition) is 3. The van der Waals surface area contributed by atoms with E-state index in [2.05, 4.69) is 26.2 Å². The molecular weight excluding hydrogens is 304 g/mol. The average molecular weight is 335 g/mol. The summed E-state index contributed by atoms with van der Waals surface area (Å²) in [7, 11) is -1.22. The maximum Gasteiger partial charge on any atom is 0.330 e. The van der Waals surface area contributed by atoms with Gasteiger partial charge < -0.3 is 14.3 Å². The molecule has 0 aromatic heterocycles. The number of rotatable bonds is 4. The Morgan fingerprint density at radius 3 is 1.24 bits per heavy atom. The van der Waals surface area contributed by atoms with E-state index < -0.39 is 20.3 Å². The lowest BCUT2D eigenvalue weighted by Crippen LogP contribution is -2.26. The first kappa shape index (κ1) is 24.8. The van der Waals surface area contributed by atoms with Gasteiger partial charge in [0.05, 0.1) is 0 Å². The summed E-state index contributed by atoms with van der Waals surface area (Å²) in [6.45, 7) is 15.4. The Hall–Kier alpha value is -1.19. The van der Waals surface area contributed by atoms with Crippen LogP contribution >= 0.6 is 0 Å². The molecule has 0 aromatic carbocycles. The Morgan fingerprint density at radius 1 is 0.952 bits per heavy atom. The summed E-state index contributed by atoms with van der Waals surface area (Å²) < 4.78 is 5.51. The summed E-state index contributed by atoms with van der Waals surface area (Å²) in [6, 6.07) is 0. The van der Waals surface area contributed by atoms with Crippen LogP contribution in [0.1, 0.15) is 27.7 Å². The van der Waals surface area contributed by atoms with Crippen LogP contribution in [0.2, 0.25) is 26.2 Å². The van der Waals surface area contributed by atoms with Crippen molar-refractivity contribution < 1.29 is 23.9 Å². The number of carbonyl (C=O) groups is 2. The van der Waals surface area contributed by atoms with E-state index in [4.69, 9.17) is 14.3 Å². The zero-order valence-electron chi connectivity index (χ0n) is 14.5. The van der Waals surface area contributed by atoms with Gasteiger partial charge in [-0.15, -0.1) is 0 Å². The van der Waals surface area contributed by atoms with Gasteiger partial charge >= 0.3 is 11.9 Å². The molecule has 0 fully saturated rings. The van der Waals surface area contributed by atoms with Gasteiger partial charge in [0, 0.05) is 11.1 Å². The number of carboxylic acids is 2. The zero-order chi connectivity index (χ0) is 17.6. The second kappa shape index (κ2) is 13.8. The molecule has 0 rings (SSSR count). The van der Waals surface area contributed by atoms with Crippen LogP contribution in [0.25, 0.3) is 0 Å². The first-order valence-electron chi connectivity index (χ1n) is 6.79. The number of carboxylic acid groups (broad SMARTS) is 2. The van der Waals surface area contributed by atoms with Crippen molar-refractivity contribution in [2.75, 3.05) is 0 Å². The molecule has 0 unspecified atom stereocenters. The molecule has 124 valence electrons. The van der Waals surface area contributed by atoms with Crippen molar-refractivity contribution in [2.24, 2.45) is 0 Å². The van der Waals surface area contributed by atoms with Crippen LogP contribution in [0.3, 0.4) is 0 Å². The van der Waals surface area contributed by atoms with E-state index in [1.165, 1.54) is 0 Å². The highest BCUT2D eigenvalue weighted by Crippen LogP contribution is 1.99. The fourth-order valence-corrected chi connectivity index (χ4v) is 4.14. The summed E-state index contributed by atoms with van der Waals surface area (Å²) in [4.78, 5) is 19.7. The number of allylic oxidation sites excluding steroid dienone is 2. The summed E-state index contributed by atoms with van der Waals surface area (Å²) in [5, 5.41) is 16.2. The van der Waals surface area contributed by atoms with Gasteiger partial charge in [-0.05, 0) is 47.3 Å². The Kier molecular flexibility index (Phi) is 16.3. The van der Waals surface area contributed by atoms with E-state index in [1.54, 1.807) is 39.8 Å². The fourth-order valence-electron chi connectivity index (χ4n) is 0.680. The molecule has 0 saturated carbocycles. The molecule has 0 heterocycles. The van der Waals surface area contributed by atoms with Gasteiger partial charge in [-0.2, -0.15) is 0 Å². The van der Waals surface area contributed by atoms with Gasteiger partial charge in [0.1, 0.15) is 9.76 Å². The molecule has 0 atom stereocenters. The van der Waals surface area contributed by atoms with Crippen molar-refractivity contribution in [1.29, 1.82) is 0 Å². The third kappa shape index (κ3) is 24.2. The van der Waals surface area contributed by atoms with Crippen molar-refractivity contribution in [3.8, 4) is 0 Å². The van der Waals surface area contributed by atoms with Crippen LogP contribution < -0.4 is 0 Å². The Balaban J connectivity index is -0.000000231. The van der Waals surface area contributed by atoms with E-state index in [0.717, 1.165) is 0 Å². The maximum absolute atomic E-state index is 9.86. The standard InChI is InChI=1S/2C5H8O2.C4H14OSi2/c2*1-3-4(2)5(6)7;1-6-5-7(2,3)4/h2*3H,1-2H3,(H,6,7);6H2,1-4H3/b2*4-3+;. The van der Waals surface area contributed by atoms with Crippen molar-refractivity contribution in [3.05, 3.63) is 23.3 Å². The van der Waals surface area contributed by atoms with E-state index in [1.807, 2.05) is 0 Å².